The summed E-state index contributed by atoms with van der Waals surface area (Å²) in [6.07, 6.45) is 3.45. The van der Waals surface area contributed by atoms with Gasteiger partial charge in [0.15, 0.2) is 0 Å². The largest absolute Gasteiger partial charge is 0.476 e. The SMILES string of the molecule is COc1nn(-c2ccc(F)c(NC(C)=O)c2)c(=O)n(Cc2ccc(-n3cccn3)cc2)c1=O. The summed E-state index contributed by atoms with van der Waals surface area (Å²) < 4.78 is 22.7. The second kappa shape index (κ2) is 8.91. The van der Waals surface area contributed by atoms with Gasteiger partial charge in [0.05, 0.1) is 30.7 Å². The van der Waals surface area contributed by atoms with Gasteiger partial charge in [-0.2, -0.15) is 9.78 Å². The van der Waals surface area contributed by atoms with Crippen LogP contribution in [-0.2, 0) is 11.3 Å². The second-order valence-electron chi connectivity index (χ2n) is 7.06. The van der Waals surface area contributed by atoms with Crippen molar-refractivity contribution < 1.29 is 13.9 Å². The van der Waals surface area contributed by atoms with Gasteiger partial charge in [0.2, 0.25) is 5.91 Å². The third-order valence-corrected chi connectivity index (χ3v) is 4.78. The van der Waals surface area contributed by atoms with E-state index in [9.17, 15) is 18.8 Å². The molecule has 33 heavy (non-hydrogen) atoms. The number of aromatic nitrogens is 5. The van der Waals surface area contributed by atoms with E-state index in [0.717, 1.165) is 21.0 Å². The van der Waals surface area contributed by atoms with Crippen molar-refractivity contribution in [2.24, 2.45) is 0 Å². The van der Waals surface area contributed by atoms with Gasteiger partial charge in [-0.1, -0.05) is 12.1 Å². The zero-order valence-corrected chi connectivity index (χ0v) is 17.7. The molecule has 0 atom stereocenters. The Bertz CT molecular complexity index is 1430. The highest BCUT2D eigenvalue weighted by Gasteiger charge is 2.17. The average Bonchev–Trinajstić information content (AvgIpc) is 3.34. The first-order chi connectivity index (χ1) is 15.9. The second-order valence-corrected chi connectivity index (χ2v) is 7.06. The summed E-state index contributed by atoms with van der Waals surface area (Å²) in [6, 6.07) is 12.6. The summed E-state index contributed by atoms with van der Waals surface area (Å²) in [6.45, 7) is 1.19. The molecule has 2 aromatic carbocycles. The third-order valence-electron chi connectivity index (χ3n) is 4.78. The highest BCUT2D eigenvalue weighted by molar-refractivity contribution is 5.89. The first kappa shape index (κ1) is 21.7. The molecule has 0 aliphatic rings. The van der Waals surface area contributed by atoms with E-state index in [2.05, 4.69) is 15.5 Å². The van der Waals surface area contributed by atoms with Crippen LogP contribution in [-0.4, -0.2) is 37.1 Å². The number of rotatable bonds is 6. The van der Waals surface area contributed by atoms with Gasteiger partial charge in [0.1, 0.15) is 5.82 Å². The minimum absolute atomic E-state index is 0.0460. The van der Waals surface area contributed by atoms with Crippen molar-refractivity contribution in [3.63, 3.8) is 0 Å². The topological polar surface area (TPSA) is 113 Å². The lowest BCUT2D eigenvalue weighted by atomic mass is 10.2. The van der Waals surface area contributed by atoms with Crippen molar-refractivity contribution in [2.45, 2.75) is 13.5 Å². The van der Waals surface area contributed by atoms with Crippen LogP contribution in [0.5, 0.6) is 5.88 Å². The molecule has 0 saturated heterocycles. The fraction of sp³-hybridized carbons (Fsp3) is 0.136. The van der Waals surface area contributed by atoms with Gasteiger partial charge in [-0.3, -0.25) is 9.59 Å². The number of carbonyl (C=O) groups is 1. The number of ether oxygens (including phenoxy) is 1. The lowest BCUT2D eigenvalue weighted by molar-refractivity contribution is -0.114. The number of hydrogen-bond donors (Lipinski definition) is 1. The number of anilines is 1. The highest BCUT2D eigenvalue weighted by Crippen LogP contribution is 2.18. The van der Waals surface area contributed by atoms with Gasteiger partial charge in [0, 0.05) is 19.3 Å². The van der Waals surface area contributed by atoms with E-state index < -0.39 is 23.0 Å². The van der Waals surface area contributed by atoms with Crippen molar-refractivity contribution in [1.82, 2.24) is 24.1 Å². The van der Waals surface area contributed by atoms with Crippen LogP contribution in [0.1, 0.15) is 12.5 Å². The molecule has 0 aliphatic carbocycles. The molecule has 0 aliphatic heterocycles. The molecule has 0 radical (unpaired) electrons. The summed E-state index contributed by atoms with van der Waals surface area (Å²) in [5, 5.41) is 10.5. The van der Waals surface area contributed by atoms with E-state index in [4.69, 9.17) is 4.74 Å². The Labute approximate surface area is 186 Å². The van der Waals surface area contributed by atoms with E-state index in [-0.39, 0.29) is 23.8 Å². The Morgan fingerprint density at radius 2 is 1.85 bits per heavy atom. The molecule has 0 spiro atoms. The maximum atomic E-state index is 14.0. The van der Waals surface area contributed by atoms with E-state index in [1.807, 2.05) is 12.1 Å². The average molecular weight is 450 g/mol. The van der Waals surface area contributed by atoms with Crippen molar-refractivity contribution in [3.8, 4) is 17.3 Å². The zero-order chi connectivity index (χ0) is 23.5. The Morgan fingerprint density at radius 1 is 1.12 bits per heavy atom. The van der Waals surface area contributed by atoms with Gasteiger partial charge >= 0.3 is 11.2 Å². The monoisotopic (exact) mass is 450 g/mol. The molecule has 2 heterocycles. The molecule has 1 N–H and O–H groups in total. The Morgan fingerprint density at radius 3 is 2.48 bits per heavy atom. The smallest absolute Gasteiger partial charge is 0.352 e. The normalized spacial score (nSPS) is 10.8. The first-order valence-corrected chi connectivity index (χ1v) is 9.82. The molecule has 0 unspecified atom stereocenters. The predicted octanol–water partition coefficient (Wildman–Crippen LogP) is 1.73. The van der Waals surface area contributed by atoms with Crippen LogP contribution in [0.25, 0.3) is 11.4 Å². The van der Waals surface area contributed by atoms with Gasteiger partial charge in [-0.15, -0.1) is 5.10 Å². The summed E-state index contributed by atoms with van der Waals surface area (Å²) >= 11 is 0. The quantitative estimate of drug-likeness (QED) is 0.479. The van der Waals surface area contributed by atoms with Crippen molar-refractivity contribution in [3.05, 3.63) is 93.1 Å². The summed E-state index contributed by atoms with van der Waals surface area (Å²) in [5.74, 6) is -1.47. The van der Waals surface area contributed by atoms with Crippen molar-refractivity contribution >= 4 is 11.6 Å². The zero-order valence-electron chi connectivity index (χ0n) is 17.7. The molecule has 0 saturated carbocycles. The molecule has 0 bridgehead atoms. The fourth-order valence-corrected chi connectivity index (χ4v) is 3.22. The maximum Gasteiger partial charge on any atom is 0.352 e. The van der Waals surface area contributed by atoms with Gasteiger partial charge in [0.25, 0.3) is 5.88 Å². The first-order valence-electron chi connectivity index (χ1n) is 9.82. The predicted molar refractivity (Wildman–Crippen MR) is 118 cm³/mol. The maximum absolute atomic E-state index is 14.0. The van der Waals surface area contributed by atoms with Gasteiger partial charge in [-0.05, 0) is 42.0 Å². The van der Waals surface area contributed by atoms with Crippen LogP contribution >= 0.6 is 0 Å². The van der Waals surface area contributed by atoms with Crippen molar-refractivity contribution in [1.29, 1.82) is 0 Å². The molecule has 4 aromatic rings. The minimum Gasteiger partial charge on any atom is -0.476 e. The molecule has 2 aromatic heterocycles. The molecule has 10 nitrogen and oxygen atoms in total. The Hall–Kier alpha value is -4.54. The highest BCUT2D eigenvalue weighted by atomic mass is 19.1. The third kappa shape index (κ3) is 4.42. The number of methoxy groups -OCH3 is 1. The van der Waals surface area contributed by atoms with Crippen LogP contribution < -0.4 is 21.3 Å². The molecular formula is C22H19FN6O4. The standard InChI is InChI=1S/C22H19FN6O4/c1-14(30)25-19-12-17(8-9-18(19)23)29-22(32)27(21(31)20(26-29)33-2)13-15-4-6-16(7-5-15)28-11-3-10-24-28/h3-12H,13H2,1-2H3,(H,25,30). The molecule has 0 fully saturated rings. The number of amides is 1. The molecule has 168 valence electrons. The molecular weight excluding hydrogens is 431 g/mol. The summed E-state index contributed by atoms with van der Waals surface area (Å²) in [4.78, 5) is 37.3. The lowest BCUT2D eigenvalue weighted by Gasteiger charge is -2.13. The van der Waals surface area contributed by atoms with Crippen LogP contribution in [0.2, 0.25) is 0 Å². The number of benzene rings is 2. The number of nitrogens with one attached hydrogen (secondary N) is 1. The van der Waals surface area contributed by atoms with Gasteiger partial charge in [-0.25, -0.2) is 18.4 Å². The Kier molecular flexibility index (Phi) is 5.85. The lowest BCUT2D eigenvalue weighted by Crippen LogP contribution is -2.41. The number of hydrogen-bond acceptors (Lipinski definition) is 6. The summed E-state index contributed by atoms with van der Waals surface area (Å²) in [5.41, 5.74) is 0.0582. The number of halogens is 1. The van der Waals surface area contributed by atoms with Crippen molar-refractivity contribution in [2.75, 3.05) is 12.4 Å². The van der Waals surface area contributed by atoms with E-state index in [1.54, 1.807) is 35.3 Å². The fourth-order valence-electron chi connectivity index (χ4n) is 3.22. The molecule has 1 amide bonds. The van der Waals surface area contributed by atoms with Crippen LogP contribution in [0.4, 0.5) is 10.1 Å². The van der Waals surface area contributed by atoms with Crippen LogP contribution in [0, 0.1) is 5.82 Å². The molecule has 4 rings (SSSR count). The number of carbonyl (C=O) groups excluding carboxylic acids is 1. The van der Waals surface area contributed by atoms with E-state index in [1.165, 1.54) is 26.2 Å². The van der Waals surface area contributed by atoms with E-state index in [0.29, 0.717) is 5.56 Å². The Balaban J connectivity index is 1.76. The number of nitrogens with zero attached hydrogens (tertiary/aromatic N) is 5. The van der Waals surface area contributed by atoms with Crippen LogP contribution in [0.3, 0.4) is 0 Å². The van der Waals surface area contributed by atoms with Crippen LogP contribution in [0.15, 0.2) is 70.5 Å². The minimum atomic E-state index is -0.752. The van der Waals surface area contributed by atoms with E-state index >= 15 is 0 Å². The molecule has 11 heteroatoms. The summed E-state index contributed by atoms with van der Waals surface area (Å²) in [7, 11) is 1.26. The van der Waals surface area contributed by atoms with Gasteiger partial charge < -0.3 is 10.1 Å².